The van der Waals surface area contributed by atoms with Crippen LogP contribution < -0.4 is 0 Å². The number of esters is 1. The molecule has 6 heteroatoms. The van der Waals surface area contributed by atoms with Crippen LogP contribution in [0.2, 0.25) is 5.02 Å². The molecule has 0 atom stereocenters. The van der Waals surface area contributed by atoms with Gasteiger partial charge in [0.1, 0.15) is 12.1 Å². The first kappa shape index (κ1) is 19.5. The minimum absolute atomic E-state index is 0.0768. The zero-order valence-corrected chi connectivity index (χ0v) is 15.2. The third-order valence-corrected chi connectivity index (χ3v) is 3.19. The second-order valence-electron chi connectivity index (χ2n) is 6.62. The van der Waals surface area contributed by atoms with Crippen molar-refractivity contribution in [2.24, 2.45) is 0 Å². The van der Waals surface area contributed by atoms with Gasteiger partial charge in [0.2, 0.25) is 0 Å². The van der Waals surface area contributed by atoms with Crippen molar-refractivity contribution in [3.05, 3.63) is 34.9 Å². The maximum atomic E-state index is 12.6. The van der Waals surface area contributed by atoms with Crippen molar-refractivity contribution in [3.63, 3.8) is 0 Å². The van der Waals surface area contributed by atoms with E-state index >= 15 is 0 Å². The summed E-state index contributed by atoms with van der Waals surface area (Å²) < 4.78 is 5.31. The van der Waals surface area contributed by atoms with E-state index in [0.717, 1.165) is 0 Å². The Morgan fingerprint density at radius 3 is 2.13 bits per heavy atom. The predicted molar refractivity (Wildman–Crippen MR) is 91.8 cm³/mol. The Hall–Kier alpha value is -1.59. The molecule has 0 saturated carbocycles. The molecule has 0 aromatic heterocycles. The minimum Gasteiger partial charge on any atom is -0.459 e. The highest BCUT2D eigenvalue weighted by Crippen LogP contribution is 2.13. The zero-order chi connectivity index (χ0) is 17.6. The highest BCUT2D eigenvalue weighted by atomic mass is 35.5. The average Bonchev–Trinajstić information content (AvgIpc) is 2.41. The summed E-state index contributed by atoms with van der Waals surface area (Å²) in [6.07, 6.45) is 0. The number of hydrogen-bond acceptors (Lipinski definition) is 4. The van der Waals surface area contributed by atoms with Crippen molar-refractivity contribution in [2.75, 3.05) is 33.7 Å². The molecule has 1 aromatic rings. The number of rotatable bonds is 6. The number of hydrogen-bond donors (Lipinski definition) is 0. The van der Waals surface area contributed by atoms with Gasteiger partial charge in [-0.1, -0.05) is 11.6 Å². The summed E-state index contributed by atoms with van der Waals surface area (Å²) in [4.78, 5) is 28.1. The molecular weight excluding hydrogens is 316 g/mol. The third kappa shape index (κ3) is 7.48. The van der Waals surface area contributed by atoms with Crippen LogP contribution in [-0.4, -0.2) is 61.0 Å². The second-order valence-corrected chi connectivity index (χ2v) is 7.06. The first-order valence-electron chi connectivity index (χ1n) is 7.50. The smallest absolute Gasteiger partial charge is 0.326 e. The van der Waals surface area contributed by atoms with Crippen LogP contribution in [0.3, 0.4) is 0 Å². The minimum atomic E-state index is -0.576. The number of amides is 1. The molecule has 1 aromatic carbocycles. The highest BCUT2D eigenvalue weighted by molar-refractivity contribution is 6.30. The van der Waals surface area contributed by atoms with Gasteiger partial charge < -0.3 is 14.5 Å². The quantitative estimate of drug-likeness (QED) is 0.747. The Balaban J connectivity index is 2.84. The van der Waals surface area contributed by atoms with Gasteiger partial charge in [0.15, 0.2) is 0 Å². The summed E-state index contributed by atoms with van der Waals surface area (Å²) in [6, 6.07) is 6.63. The van der Waals surface area contributed by atoms with E-state index in [4.69, 9.17) is 16.3 Å². The molecule has 1 amide bonds. The number of benzene rings is 1. The van der Waals surface area contributed by atoms with Gasteiger partial charge in [-0.25, -0.2) is 0 Å². The van der Waals surface area contributed by atoms with Gasteiger partial charge in [-0.2, -0.15) is 0 Å². The number of carbonyl (C=O) groups is 2. The summed E-state index contributed by atoms with van der Waals surface area (Å²) in [5.41, 5.74) is -0.0788. The number of ether oxygens (including phenoxy) is 1. The van der Waals surface area contributed by atoms with Crippen molar-refractivity contribution in [3.8, 4) is 0 Å². The van der Waals surface area contributed by atoms with E-state index in [9.17, 15) is 9.59 Å². The molecule has 0 bridgehead atoms. The van der Waals surface area contributed by atoms with Gasteiger partial charge in [0.05, 0.1) is 0 Å². The number of likely N-dealkylation sites (N-methyl/N-ethyl adjacent to an activating group) is 1. The van der Waals surface area contributed by atoms with Crippen LogP contribution in [0.4, 0.5) is 0 Å². The summed E-state index contributed by atoms with van der Waals surface area (Å²) in [5, 5.41) is 0.563. The summed E-state index contributed by atoms with van der Waals surface area (Å²) >= 11 is 5.85. The molecular formula is C17H25ClN2O3. The van der Waals surface area contributed by atoms with Crippen LogP contribution in [0.1, 0.15) is 31.1 Å². The molecule has 0 aliphatic carbocycles. The lowest BCUT2D eigenvalue weighted by atomic mass is 10.2. The molecule has 0 aliphatic rings. The molecule has 0 radical (unpaired) electrons. The fourth-order valence-corrected chi connectivity index (χ4v) is 2.00. The Kier molecular flexibility index (Phi) is 7.03. The largest absolute Gasteiger partial charge is 0.459 e. The summed E-state index contributed by atoms with van der Waals surface area (Å²) in [5.74, 6) is -0.632. The second kappa shape index (κ2) is 8.31. The fraction of sp³-hybridized carbons (Fsp3) is 0.529. The molecule has 0 aliphatic heterocycles. The topological polar surface area (TPSA) is 49.9 Å². The van der Waals surface area contributed by atoms with Crippen molar-refractivity contribution in [1.82, 2.24) is 9.80 Å². The standard InChI is InChI=1S/C17H25ClN2O3/c1-17(2,3)23-15(21)12-20(11-10-19(4)5)16(22)13-6-8-14(18)9-7-13/h6-9H,10-12H2,1-5H3. The van der Waals surface area contributed by atoms with Gasteiger partial charge >= 0.3 is 5.97 Å². The van der Waals surface area contributed by atoms with Crippen LogP contribution in [0.5, 0.6) is 0 Å². The van der Waals surface area contributed by atoms with Crippen molar-refractivity contribution < 1.29 is 14.3 Å². The van der Waals surface area contributed by atoms with E-state index in [2.05, 4.69) is 0 Å². The molecule has 0 unspecified atom stereocenters. The van der Waals surface area contributed by atoms with Gasteiger partial charge in [0.25, 0.3) is 5.91 Å². The van der Waals surface area contributed by atoms with Gasteiger partial charge in [-0.15, -0.1) is 0 Å². The van der Waals surface area contributed by atoms with E-state index < -0.39 is 11.6 Å². The first-order chi connectivity index (χ1) is 10.6. The number of halogens is 1. The molecule has 0 fully saturated rings. The summed E-state index contributed by atoms with van der Waals surface area (Å²) in [7, 11) is 3.83. The molecule has 0 N–H and O–H groups in total. The van der Waals surface area contributed by atoms with Crippen LogP contribution in [0, 0.1) is 0 Å². The fourth-order valence-electron chi connectivity index (χ4n) is 1.88. The number of nitrogens with zero attached hydrogens (tertiary/aromatic N) is 2. The molecule has 23 heavy (non-hydrogen) atoms. The molecule has 0 spiro atoms. The third-order valence-electron chi connectivity index (χ3n) is 2.94. The lowest BCUT2D eigenvalue weighted by Gasteiger charge is -2.26. The van der Waals surface area contributed by atoms with Gasteiger partial charge in [-0.05, 0) is 59.1 Å². The Morgan fingerprint density at radius 2 is 1.65 bits per heavy atom. The van der Waals surface area contributed by atoms with Crippen LogP contribution in [0.15, 0.2) is 24.3 Å². The average molecular weight is 341 g/mol. The van der Waals surface area contributed by atoms with E-state index in [-0.39, 0.29) is 12.5 Å². The van der Waals surface area contributed by atoms with E-state index in [1.807, 2.05) is 19.0 Å². The lowest BCUT2D eigenvalue weighted by molar-refractivity contribution is -0.155. The molecule has 0 heterocycles. The molecule has 128 valence electrons. The van der Waals surface area contributed by atoms with Crippen molar-refractivity contribution in [2.45, 2.75) is 26.4 Å². The van der Waals surface area contributed by atoms with Crippen molar-refractivity contribution >= 4 is 23.5 Å². The maximum Gasteiger partial charge on any atom is 0.326 e. The van der Waals surface area contributed by atoms with Gasteiger partial charge in [0, 0.05) is 23.7 Å². The highest BCUT2D eigenvalue weighted by Gasteiger charge is 2.23. The zero-order valence-electron chi connectivity index (χ0n) is 14.4. The van der Waals surface area contributed by atoms with Crippen LogP contribution in [0.25, 0.3) is 0 Å². The van der Waals surface area contributed by atoms with Crippen LogP contribution in [-0.2, 0) is 9.53 Å². The Labute approximate surface area is 143 Å². The normalized spacial score (nSPS) is 11.4. The summed E-state index contributed by atoms with van der Waals surface area (Å²) in [6.45, 7) is 6.42. The maximum absolute atomic E-state index is 12.6. The monoisotopic (exact) mass is 340 g/mol. The molecule has 1 rings (SSSR count). The van der Waals surface area contributed by atoms with E-state index in [1.165, 1.54) is 4.90 Å². The molecule has 0 saturated heterocycles. The van der Waals surface area contributed by atoms with Crippen LogP contribution >= 0.6 is 11.6 Å². The molecule has 5 nitrogen and oxygen atoms in total. The van der Waals surface area contributed by atoms with E-state index in [0.29, 0.717) is 23.7 Å². The Bertz CT molecular complexity index is 536. The number of carbonyl (C=O) groups excluding carboxylic acids is 2. The van der Waals surface area contributed by atoms with Crippen molar-refractivity contribution in [1.29, 1.82) is 0 Å². The predicted octanol–water partition coefficient (Wildman–Crippen LogP) is 2.69. The van der Waals surface area contributed by atoms with E-state index in [1.54, 1.807) is 45.0 Å². The lowest BCUT2D eigenvalue weighted by Crippen LogP contribution is -2.42. The first-order valence-corrected chi connectivity index (χ1v) is 7.88. The van der Waals surface area contributed by atoms with Gasteiger partial charge in [-0.3, -0.25) is 9.59 Å². The SMILES string of the molecule is CN(C)CCN(CC(=O)OC(C)(C)C)C(=O)c1ccc(Cl)cc1. The Morgan fingerprint density at radius 1 is 1.09 bits per heavy atom.